The Hall–Kier alpha value is -1.24. The normalized spacial score (nSPS) is 46.0. The molecule has 8 rings (SSSR count). The van der Waals surface area contributed by atoms with Gasteiger partial charge < -0.3 is 14.2 Å². The molecule has 0 heterocycles. The van der Waals surface area contributed by atoms with Crippen LogP contribution in [0, 0.1) is 46.3 Å². The molecule has 190 valence electrons. The van der Waals surface area contributed by atoms with Crippen LogP contribution in [-0.4, -0.2) is 37.4 Å². The summed E-state index contributed by atoms with van der Waals surface area (Å²) in [6.45, 7) is 0.494. The fraction of sp³-hybridized carbons (Fsp3) is 0.926. The Morgan fingerprint density at radius 2 is 1.29 bits per heavy atom. The number of alkyl halides is 2. The van der Waals surface area contributed by atoms with Gasteiger partial charge in [-0.3, -0.25) is 9.59 Å². The average molecular weight is 481 g/mol. The van der Waals surface area contributed by atoms with Gasteiger partial charge in [-0.2, -0.15) is 0 Å². The van der Waals surface area contributed by atoms with Gasteiger partial charge in [-0.25, -0.2) is 8.78 Å². The summed E-state index contributed by atoms with van der Waals surface area (Å²) in [6, 6.07) is 0. The Morgan fingerprint density at radius 3 is 1.82 bits per heavy atom. The summed E-state index contributed by atoms with van der Waals surface area (Å²) in [5, 5.41) is 0. The third kappa shape index (κ3) is 3.88. The summed E-state index contributed by atoms with van der Waals surface area (Å²) < 4.78 is 44.6. The standard InChI is InChI=1S/C27H38F2O5/c1-2-27(28,29)14-32-23(30)25-9-18-4-19(10-25)12-26(11-18,13-25)24(31)34-15-33-22-20-5-16-3-17(7-20)8-21(22)6-16/h16-22H,2-15H2,1H3. The number of carbonyl (C=O) groups is 2. The molecule has 0 spiro atoms. The molecule has 0 aromatic heterocycles. The van der Waals surface area contributed by atoms with Gasteiger partial charge in [0, 0.05) is 6.42 Å². The number of halogens is 2. The van der Waals surface area contributed by atoms with Crippen LogP contribution in [0.4, 0.5) is 8.78 Å². The predicted molar refractivity (Wildman–Crippen MR) is 119 cm³/mol. The topological polar surface area (TPSA) is 61.8 Å². The molecule has 8 bridgehead atoms. The van der Waals surface area contributed by atoms with E-state index in [0.717, 1.165) is 31.1 Å². The van der Waals surface area contributed by atoms with Crippen molar-refractivity contribution in [1.82, 2.24) is 0 Å². The van der Waals surface area contributed by atoms with Gasteiger partial charge in [-0.05, 0) is 106 Å². The number of hydrogen-bond donors (Lipinski definition) is 0. The van der Waals surface area contributed by atoms with Crippen LogP contribution in [0.25, 0.3) is 0 Å². The van der Waals surface area contributed by atoms with Crippen LogP contribution in [0.2, 0.25) is 0 Å². The smallest absolute Gasteiger partial charge is 0.314 e. The van der Waals surface area contributed by atoms with E-state index in [1.807, 2.05) is 0 Å². The lowest BCUT2D eigenvalue weighted by molar-refractivity contribution is -0.213. The summed E-state index contributed by atoms with van der Waals surface area (Å²) in [5.74, 6) is -0.378. The Bertz CT molecular complexity index is 799. The molecule has 8 saturated carbocycles. The van der Waals surface area contributed by atoms with Crippen LogP contribution in [0.1, 0.15) is 84.0 Å². The molecule has 5 nitrogen and oxygen atoms in total. The van der Waals surface area contributed by atoms with Gasteiger partial charge in [-0.15, -0.1) is 0 Å². The van der Waals surface area contributed by atoms with E-state index in [2.05, 4.69) is 0 Å². The molecule has 8 aliphatic carbocycles. The molecule has 0 aliphatic heterocycles. The van der Waals surface area contributed by atoms with Gasteiger partial charge in [0.1, 0.15) is 0 Å². The first kappa shape index (κ1) is 23.2. The van der Waals surface area contributed by atoms with Crippen LogP contribution in [-0.2, 0) is 23.8 Å². The highest BCUT2D eigenvalue weighted by Gasteiger charge is 2.64. The van der Waals surface area contributed by atoms with E-state index >= 15 is 0 Å². The summed E-state index contributed by atoms with van der Waals surface area (Å²) in [7, 11) is 0. The lowest BCUT2D eigenvalue weighted by atomic mass is 9.44. The SMILES string of the molecule is CCC(F)(F)COC(=O)C12CC3CC(CC(C(=O)OCOC4C5CC6CC(C5)CC4C6)(C3)C1)C2. The molecule has 0 radical (unpaired) electrons. The second kappa shape index (κ2) is 8.14. The molecule has 0 amide bonds. The summed E-state index contributed by atoms with van der Waals surface area (Å²) in [6.07, 6.45) is 10.3. The molecule has 2 unspecified atom stereocenters. The highest BCUT2D eigenvalue weighted by Crippen LogP contribution is 2.66. The number of rotatable bonds is 8. The van der Waals surface area contributed by atoms with E-state index in [-0.39, 0.29) is 37.1 Å². The number of hydrogen-bond acceptors (Lipinski definition) is 5. The second-order valence-corrected chi connectivity index (χ2v) is 12.9. The fourth-order valence-electron chi connectivity index (χ4n) is 9.63. The quantitative estimate of drug-likeness (QED) is 0.339. The summed E-state index contributed by atoms with van der Waals surface area (Å²) in [4.78, 5) is 26.5. The van der Waals surface area contributed by atoms with Crippen LogP contribution >= 0.6 is 0 Å². The van der Waals surface area contributed by atoms with Crippen molar-refractivity contribution in [3.05, 3.63) is 0 Å². The number of ether oxygens (including phenoxy) is 3. The van der Waals surface area contributed by atoms with Crippen molar-refractivity contribution in [1.29, 1.82) is 0 Å². The third-order valence-electron chi connectivity index (χ3n) is 10.4. The molecular formula is C27H38F2O5. The molecular weight excluding hydrogens is 442 g/mol. The van der Waals surface area contributed by atoms with Gasteiger partial charge >= 0.3 is 11.9 Å². The molecule has 34 heavy (non-hydrogen) atoms. The lowest BCUT2D eigenvalue weighted by Gasteiger charge is -2.59. The molecule has 0 saturated heterocycles. The lowest BCUT2D eigenvalue weighted by Crippen LogP contribution is -2.58. The van der Waals surface area contributed by atoms with Crippen molar-refractivity contribution >= 4 is 11.9 Å². The molecule has 0 aromatic carbocycles. The third-order valence-corrected chi connectivity index (χ3v) is 10.4. The van der Waals surface area contributed by atoms with E-state index in [1.54, 1.807) is 0 Å². The monoisotopic (exact) mass is 480 g/mol. The fourth-order valence-corrected chi connectivity index (χ4v) is 9.63. The maximum atomic E-state index is 13.7. The van der Waals surface area contributed by atoms with Crippen molar-refractivity contribution in [2.75, 3.05) is 13.4 Å². The Morgan fingerprint density at radius 1 is 0.794 bits per heavy atom. The zero-order chi connectivity index (χ0) is 23.7. The second-order valence-electron chi connectivity index (χ2n) is 12.9. The van der Waals surface area contributed by atoms with Gasteiger partial charge in [0.05, 0.1) is 16.9 Å². The summed E-state index contributed by atoms with van der Waals surface area (Å²) >= 11 is 0. The van der Waals surface area contributed by atoms with E-state index in [9.17, 15) is 18.4 Å². The molecule has 2 atom stereocenters. The molecule has 0 aromatic rings. The van der Waals surface area contributed by atoms with E-state index < -0.39 is 29.3 Å². The van der Waals surface area contributed by atoms with Gasteiger partial charge in [-0.1, -0.05) is 6.92 Å². The first-order valence-corrected chi connectivity index (χ1v) is 13.5. The highest BCUT2D eigenvalue weighted by atomic mass is 19.3. The summed E-state index contributed by atoms with van der Waals surface area (Å²) in [5.41, 5.74) is -1.53. The Labute approximate surface area is 200 Å². The Kier molecular flexibility index (Phi) is 5.55. The Balaban J connectivity index is 1.09. The van der Waals surface area contributed by atoms with Crippen molar-refractivity contribution in [2.45, 2.75) is 96.0 Å². The van der Waals surface area contributed by atoms with Gasteiger partial charge in [0.2, 0.25) is 0 Å². The molecule has 0 N–H and O–H groups in total. The van der Waals surface area contributed by atoms with E-state index in [4.69, 9.17) is 14.2 Å². The largest absolute Gasteiger partial charge is 0.459 e. The maximum Gasteiger partial charge on any atom is 0.314 e. The van der Waals surface area contributed by atoms with Crippen molar-refractivity contribution in [2.24, 2.45) is 46.3 Å². The van der Waals surface area contributed by atoms with Crippen LogP contribution in [0.15, 0.2) is 0 Å². The zero-order valence-electron chi connectivity index (χ0n) is 20.2. The minimum absolute atomic E-state index is 0.0108. The average Bonchev–Trinajstić information content (AvgIpc) is 2.78. The molecule has 8 fully saturated rings. The van der Waals surface area contributed by atoms with Crippen LogP contribution in [0.5, 0.6) is 0 Å². The van der Waals surface area contributed by atoms with Crippen molar-refractivity contribution in [3.63, 3.8) is 0 Å². The van der Waals surface area contributed by atoms with Gasteiger partial charge in [0.15, 0.2) is 13.4 Å². The van der Waals surface area contributed by atoms with Crippen molar-refractivity contribution in [3.8, 4) is 0 Å². The van der Waals surface area contributed by atoms with E-state index in [1.165, 1.54) is 39.0 Å². The maximum absolute atomic E-state index is 13.7. The first-order valence-electron chi connectivity index (χ1n) is 13.5. The minimum Gasteiger partial charge on any atom is -0.459 e. The molecule has 7 heteroatoms. The molecule has 8 aliphatic rings. The zero-order valence-corrected chi connectivity index (χ0v) is 20.2. The van der Waals surface area contributed by atoms with Crippen LogP contribution < -0.4 is 0 Å². The highest BCUT2D eigenvalue weighted by molar-refractivity contribution is 5.83. The van der Waals surface area contributed by atoms with Crippen LogP contribution in [0.3, 0.4) is 0 Å². The van der Waals surface area contributed by atoms with E-state index in [0.29, 0.717) is 31.1 Å². The van der Waals surface area contributed by atoms with Gasteiger partial charge in [0.25, 0.3) is 5.92 Å². The first-order chi connectivity index (χ1) is 16.2. The number of esters is 2. The van der Waals surface area contributed by atoms with Crippen molar-refractivity contribution < 1.29 is 32.6 Å². The minimum atomic E-state index is -3.01. The predicted octanol–water partition coefficient (Wildman–Crippen LogP) is 5.50. The number of carbonyl (C=O) groups excluding carboxylic acids is 2.